The van der Waals surface area contributed by atoms with E-state index in [0.29, 0.717) is 19.4 Å². The number of benzene rings is 2. The lowest BCUT2D eigenvalue weighted by Crippen LogP contribution is -2.44. The fourth-order valence-corrected chi connectivity index (χ4v) is 3.63. The van der Waals surface area contributed by atoms with E-state index in [2.05, 4.69) is 33.1 Å². The molecule has 3 aromatic rings. The number of hydrogen-bond donors (Lipinski definition) is 2. The maximum absolute atomic E-state index is 12.2. The molecule has 5 nitrogen and oxygen atoms in total. The largest absolute Gasteiger partial charge is 0.380 e. The highest BCUT2D eigenvalue weighted by molar-refractivity contribution is 5.85. The molecule has 1 saturated carbocycles. The lowest BCUT2D eigenvalue weighted by Gasteiger charge is -2.20. The van der Waals surface area contributed by atoms with E-state index in [1.165, 1.54) is 5.56 Å². The predicted octanol–water partition coefficient (Wildman–Crippen LogP) is 3.01. The van der Waals surface area contributed by atoms with Crippen molar-refractivity contribution < 1.29 is 9.90 Å². The second kappa shape index (κ2) is 6.92. The Labute approximate surface area is 152 Å². The van der Waals surface area contributed by atoms with Crippen LogP contribution in [-0.2, 0) is 17.9 Å². The van der Waals surface area contributed by atoms with Gasteiger partial charge in [0, 0.05) is 13.1 Å². The highest BCUT2D eigenvalue weighted by atomic mass is 16.3. The van der Waals surface area contributed by atoms with Crippen LogP contribution in [0.3, 0.4) is 0 Å². The molecule has 1 aliphatic rings. The molecule has 1 fully saturated rings. The molecular formula is C21H23N3O2. The number of imidazole rings is 1. The molecule has 5 heteroatoms. The minimum Gasteiger partial charge on any atom is -0.380 e. The van der Waals surface area contributed by atoms with Crippen LogP contribution in [0.5, 0.6) is 0 Å². The van der Waals surface area contributed by atoms with Gasteiger partial charge in [-0.25, -0.2) is 4.98 Å². The van der Waals surface area contributed by atoms with Crippen molar-refractivity contribution in [3.05, 3.63) is 66.0 Å². The van der Waals surface area contributed by atoms with Crippen molar-refractivity contribution in [1.29, 1.82) is 0 Å². The van der Waals surface area contributed by atoms with Gasteiger partial charge in [0.05, 0.1) is 17.4 Å². The van der Waals surface area contributed by atoms with Gasteiger partial charge in [-0.3, -0.25) is 4.79 Å². The third-order valence-corrected chi connectivity index (χ3v) is 5.21. The number of rotatable bonds is 5. The summed E-state index contributed by atoms with van der Waals surface area (Å²) in [6.45, 7) is 1.20. The van der Waals surface area contributed by atoms with Gasteiger partial charge in [-0.05, 0) is 48.9 Å². The number of aromatic nitrogens is 2. The van der Waals surface area contributed by atoms with Gasteiger partial charge in [0.15, 0.2) is 0 Å². The fraction of sp³-hybridized carbons (Fsp3) is 0.333. The van der Waals surface area contributed by atoms with E-state index in [4.69, 9.17) is 0 Å². The summed E-state index contributed by atoms with van der Waals surface area (Å²) >= 11 is 0. The zero-order valence-electron chi connectivity index (χ0n) is 14.7. The van der Waals surface area contributed by atoms with Gasteiger partial charge in [0.2, 0.25) is 0 Å². The Morgan fingerprint density at radius 1 is 1.08 bits per heavy atom. The standard InChI is InChI=1S/C21H23N3O2/c25-20(21(26)11-3-4-12-21)22-13-16-7-9-17(10-8-16)14-24-15-23-18-5-1-2-6-19(18)24/h1-2,5-10,15,26H,3-4,11-14H2,(H,22,25). The summed E-state index contributed by atoms with van der Waals surface area (Å²) < 4.78 is 2.13. The first-order valence-corrected chi connectivity index (χ1v) is 9.12. The predicted molar refractivity (Wildman–Crippen MR) is 101 cm³/mol. The van der Waals surface area contributed by atoms with Crippen molar-refractivity contribution in [2.75, 3.05) is 0 Å². The molecule has 0 atom stereocenters. The SMILES string of the molecule is O=C(NCc1ccc(Cn2cnc3ccccc32)cc1)C1(O)CCCC1. The van der Waals surface area contributed by atoms with Crippen molar-refractivity contribution in [2.24, 2.45) is 0 Å². The van der Waals surface area contributed by atoms with Gasteiger partial charge >= 0.3 is 0 Å². The summed E-state index contributed by atoms with van der Waals surface area (Å²) in [6, 6.07) is 16.3. The van der Waals surface area contributed by atoms with Crippen molar-refractivity contribution in [3.8, 4) is 0 Å². The van der Waals surface area contributed by atoms with Crippen LogP contribution in [0.25, 0.3) is 11.0 Å². The summed E-state index contributed by atoms with van der Waals surface area (Å²) in [6.07, 6.45) is 4.83. The average Bonchev–Trinajstić information content (AvgIpc) is 3.29. The molecule has 0 unspecified atom stereocenters. The van der Waals surface area contributed by atoms with E-state index >= 15 is 0 Å². The normalized spacial score (nSPS) is 16.0. The third kappa shape index (κ3) is 3.35. The molecule has 2 N–H and O–H groups in total. The first-order valence-electron chi connectivity index (χ1n) is 9.12. The highest BCUT2D eigenvalue weighted by Crippen LogP contribution is 2.29. The molecule has 26 heavy (non-hydrogen) atoms. The van der Waals surface area contributed by atoms with E-state index in [1.54, 1.807) is 0 Å². The fourth-order valence-electron chi connectivity index (χ4n) is 3.63. The molecular weight excluding hydrogens is 326 g/mol. The number of carbonyl (C=O) groups excluding carboxylic acids is 1. The van der Waals surface area contributed by atoms with Crippen molar-refractivity contribution in [3.63, 3.8) is 0 Å². The van der Waals surface area contributed by atoms with Gasteiger partial charge < -0.3 is 15.0 Å². The van der Waals surface area contributed by atoms with Gasteiger partial charge in [-0.1, -0.05) is 36.4 Å². The molecule has 4 rings (SSSR count). The number of nitrogens with zero attached hydrogens (tertiary/aromatic N) is 2. The second-order valence-corrected chi connectivity index (χ2v) is 7.10. The molecule has 0 bridgehead atoms. The van der Waals surface area contributed by atoms with Crippen LogP contribution < -0.4 is 5.32 Å². The van der Waals surface area contributed by atoms with Crippen molar-refractivity contribution in [2.45, 2.75) is 44.4 Å². The average molecular weight is 349 g/mol. The molecule has 0 radical (unpaired) electrons. The Hall–Kier alpha value is -2.66. The molecule has 0 saturated heterocycles. The van der Waals surface area contributed by atoms with Crippen LogP contribution in [0.4, 0.5) is 0 Å². The van der Waals surface area contributed by atoms with Crippen LogP contribution in [0.1, 0.15) is 36.8 Å². The summed E-state index contributed by atoms with van der Waals surface area (Å²) in [5.41, 5.74) is 3.16. The quantitative estimate of drug-likeness (QED) is 0.744. The zero-order chi connectivity index (χ0) is 18.0. The Bertz CT molecular complexity index is 908. The third-order valence-electron chi connectivity index (χ3n) is 5.21. The molecule has 1 aromatic heterocycles. The number of fused-ring (bicyclic) bond motifs is 1. The van der Waals surface area contributed by atoms with Crippen molar-refractivity contribution >= 4 is 16.9 Å². The summed E-state index contributed by atoms with van der Waals surface area (Å²) in [4.78, 5) is 16.6. The minimum atomic E-state index is -1.16. The maximum atomic E-state index is 12.2. The van der Waals surface area contributed by atoms with Gasteiger partial charge in [-0.2, -0.15) is 0 Å². The van der Waals surface area contributed by atoms with E-state index in [1.807, 2.05) is 36.7 Å². The van der Waals surface area contributed by atoms with Crippen LogP contribution in [-0.4, -0.2) is 26.2 Å². The van der Waals surface area contributed by atoms with Crippen LogP contribution in [0, 0.1) is 0 Å². The molecule has 134 valence electrons. The highest BCUT2D eigenvalue weighted by Gasteiger charge is 2.38. The molecule has 1 amide bonds. The minimum absolute atomic E-state index is 0.246. The Morgan fingerprint density at radius 2 is 1.77 bits per heavy atom. The second-order valence-electron chi connectivity index (χ2n) is 7.10. The van der Waals surface area contributed by atoms with Crippen LogP contribution in [0.15, 0.2) is 54.9 Å². The first-order chi connectivity index (χ1) is 12.6. The Kier molecular flexibility index (Phi) is 4.47. The smallest absolute Gasteiger partial charge is 0.252 e. The number of para-hydroxylation sites is 2. The summed E-state index contributed by atoms with van der Waals surface area (Å²) in [5, 5.41) is 13.2. The lowest BCUT2D eigenvalue weighted by molar-refractivity contribution is -0.139. The Morgan fingerprint density at radius 3 is 2.54 bits per heavy atom. The first kappa shape index (κ1) is 16.8. The molecule has 0 aliphatic heterocycles. The van der Waals surface area contributed by atoms with Crippen LogP contribution >= 0.6 is 0 Å². The number of aliphatic hydroxyl groups is 1. The van der Waals surface area contributed by atoms with E-state index in [0.717, 1.165) is 36.0 Å². The Balaban J connectivity index is 1.38. The van der Waals surface area contributed by atoms with E-state index in [9.17, 15) is 9.90 Å². The van der Waals surface area contributed by atoms with Gasteiger partial charge in [0.25, 0.3) is 5.91 Å². The molecule has 1 aliphatic carbocycles. The maximum Gasteiger partial charge on any atom is 0.252 e. The number of carbonyl (C=O) groups is 1. The summed E-state index contributed by atoms with van der Waals surface area (Å²) in [7, 11) is 0. The van der Waals surface area contributed by atoms with Gasteiger partial charge in [-0.15, -0.1) is 0 Å². The number of hydrogen-bond acceptors (Lipinski definition) is 3. The topological polar surface area (TPSA) is 67.2 Å². The number of nitrogens with one attached hydrogen (secondary N) is 1. The molecule has 0 spiro atoms. The van der Waals surface area contributed by atoms with E-state index in [-0.39, 0.29) is 5.91 Å². The summed E-state index contributed by atoms with van der Waals surface area (Å²) in [5.74, 6) is -0.246. The lowest BCUT2D eigenvalue weighted by atomic mass is 10.0. The molecule has 2 aromatic carbocycles. The van der Waals surface area contributed by atoms with E-state index < -0.39 is 5.60 Å². The van der Waals surface area contributed by atoms with Crippen LogP contribution in [0.2, 0.25) is 0 Å². The molecule has 1 heterocycles. The monoisotopic (exact) mass is 349 g/mol. The zero-order valence-corrected chi connectivity index (χ0v) is 14.7. The number of amides is 1. The van der Waals surface area contributed by atoms with Gasteiger partial charge in [0.1, 0.15) is 5.60 Å². The van der Waals surface area contributed by atoms with Crippen molar-refractivity contribution in [1.82, 2.24) is 14.9 Å².